The van der Waals surface area contributed by atoms with Crippen molar-refractivity contribution >= 4 is 0 Å². The highest BCUT2D eigenvalue weighted by Gasteiger charge is 2.09. The van der Waals surface area contributed by atoms with Crippen molar-refractivity contribution in [3.05, 3.63) is 34.0 Å². The summed E-state index contributed by atoms with van der Waals surface area (Å²) in [4.78, 5) is -0.461. The lowest BCUT2D eigenvalue weighted by molar-refractivity contribution is 0.932. The third-order valence-electron chi connectivity index (χ3n) is 1.57. The predicted octanol–water partition coefficient (Wildman–Crippen LogP) is -0.390. The molecule has 62 valence electrons. The number of aromatic amines is 2. The van der Waals surface area contributed by atoms with Crippen molar-refractivity contribution in [3.63, 3.8) is 0 Å². The Hall–Kier alpha value is -1.98. The van der Waals surface area contributed by atoms with Crippen LogP contribution in [-0.2, 0) is 0 Å². The second-order valence-electron chi connectivity index (χ2n) is 2.28. The summed E-state index contributed by atoms with van der Waals surface area (Å²) < 4.78 is 0. The van der Waals surface area contributed by atoms with Crippen molar-refractivity contribution < 1.29 is 0 Å². The third-order valence-corrected chi connectivity index (χ3v) is 1.57. The molecule has 2 aliphatic rings. The molecule has 0 saturated carbocycles. The van der Waals surface area contributed by atoms with E-state index in [9.17, 15) is 10.4 Å². The van der Waals surface area contributed by atoms with Crippen LogP contribution in [0.5, 0.6) is 0 Å². The summed E-state index contributed by atoms with van der Waals surface area (Å²) in [6.45, 7) is 0. The van der Waals surface area contributed by atoms with Crippen molar-refractivity contribution in [1.82, 2.24) is 20.3 Å². The summed E-state index contributed by atoms with van der Waals surface area (Å²) in [6.07, 6.45) is 0. The highest BCUT2D eigenvalue weighted by molar-refractivity contribution is 5.53. The monoisotopic (exact) mass is 165 g/mol. The molecule has 6 nitrogen and oxygen atoms in total. The first kappa shape index (κ1) is 6.71. The number of para-hydroxylation sites is 1. The molecule has 6 heteroatoms. The van der Waals surface area contributed by atoms with Gasteiger partial charge < -0.3 is 10.4 Å². The molecule has 0 spiro atoms. The van der Waals surface area contributed by atoms with E-state index in [1.807, 2.05) is 0 Å². The minimum atomic E-state index is -0.461. The Kier molecular flexibility index (Phi) is 1.26. The lowest BCUT2D eigenvalue weighted by Crippen LogP contribution is -2.20. The summed E-state index contributed by atoms with van der Waals surface area (Å²) in [5.41, 5.74) is 0.978. The van der Waals surface area contributed by atoms with Crippen molar-refractivity contribution in [2.75, 3.05) is 0 Å². The van der Waals surface area contributed by atoms with Crippen molar-refractivity contribution in [2.24, 2.45) is 0 Å². The van der Waals surface area contributed by atoms with Crippen LogP contribution in [0.2, 0.25) is 0 Å². The third kappa shape index (κ3) is 0.815. The van der Waals surface area contributed by atoms with Crippen molar-refractivity contribution in [1.29, 1.82) is 0 Å². The van der Waals surface area contributed by atoms with Gasteiger partial charge in [-0.05, 0) is 6.07 Å². The summed E-state index contributed by atoms with van der Waals surface area (Å²) in [5, 5.41) is 29.8. The van der Waals surface area contributed by atoms with E-state index < -0.39 is 4.90 Å². The van der Waals surface area contributed by atoms with E-state index in [1.54, 1.807) is 12.1 Å². The quantitative estimate of drug-likeness (QED) is 0.520. The van der Waals surface area contributed by atoms with Gasteiger partial charge in [0.1, 0.15) is 0 Å². The van der Waals surface area contributed by atoms with E-state index in [0.717, 1.165) is 0 Å². The summed E-state index contributed by atoms with van der Waals surface area (Å²) in [7, 11) is 0. The minimum Gasteiger partial charge on any atom is -0.612 e. The second-order valence-corrected chi connectivity index (χ2v) is 2.28. The van der Waals surface area contributed by atoms with Crippen LogP contribution in [0.1, 0.15) is 0 Å². The van der Waals surface area contributed by atoms with Gasteiger partial charge in [0.05, 0.1) is 5.69 Å². The van der Waals surface area contributed by atoms with E-state index in [2.05, 4.69) is 15.4 Å². The molecule has 1 aliphatic carbocycles. The zero-order valence-electron chi connectivity index (χ0n) is 5.94. The molecular weight excluding hydrogens is 160 g/mol. The zero-order valence-corrected chi connectivity index (χ0v) is 5.94. The highest BCUT2D eigenvalue weighted by Crippen LogP contribution is 2.07. The van der Waals surface area contributed by atoms with Crippen molar-refractivity contribution in [3.8, 4) is 11.4 Å². The molecule has 1 aliphatic heterocycles. The van der Waals surface area contributed by atoms with Gasteiger partial charge in [-0.3, -0.25) is 5.10 Å². The van der Waals surface area contributed by atoms with Gasteiger partial charge in [-0.15, -0.1) is 0 Å². The molecule has 0 bridgehead atoms. The number of H-pyrrole nitrogens is 2. The lowest BCUT2D eigenvalue weighted by Gasteiger charge is -2.02. The molecule has 0 amide bonds. The molecule has 0 aromatic heterocycles. The Balaban J connectivity index is 2.89. The molecule has 2 rings (SSSR count). The largest absolute Gasteiger partial charge is 0.612 e. The van der Waals surface area contributed by atoms with E-state index in [0.29, 0.717) is 11.4 Å². The fourth-order valence-corrected chi connectivity index (χ4v) is 1.04. The first-order chi connectivity index (χ1) is 5.79. The number of aromatic nitrogens is 3. The zero-order chi connectivity index (χ0) is 8.55. The van der Waals surface area contributed by atoms with Crippen LogP contribution >= 0.6 is 0 Å². The summed E-state index contributed by atoms with van der Waals surface area (Å²) in [5.74, 6) is 0. The highest BCUT2D eigenvalue weighted by atomic mass is 16.8. The van der Waals surface area contributed by atoms with Crippen LogP contribution < -0.4 is 10.3 Å². The van der Waals surface area contributed by atoms with Crippen LogP contribution in [0, 0.1) is 10.4 Å². The molecule has 1 heterocycles. The Bertz CT molecular complexity index is 425. The molecule has 0 unspecified atom stereocenters. The van der Waals surface area contributed by atoms with E-state index in [-0.39, 0.29) is 5.36 Å². The molecular formula is C6H5N4O2-. The van der Waals surface area contributed by atoms with Gasteiger partial charge in [-0.2, -0.15) is 10.0 Å². The van der Waals surface area contributed by atoms with E-state index in [4.69, 9.17) is 0 Å². The topological polar surface area (TPSA) is 93.6 Å². The number of fused-ring (bicyclic) bond motifs is 1. The van der Waals surface area contributed by atoms with Gasteiger partial charge >= 0.3 is 0 Å². The van der Waals surface area contributed by atoms with Gasteiger partial charge in [0.25, 0.3) is 5.36 Å². The number of hydrogen-bond acceptors (Lipinski definition) is 3. The number of nitrogens with zero attached hydrogens (tertiary/aromatic N) is 2. The lowest BCUT2D eigenvalue weighted by atomic mass is 10.2. The first-order valence-electron chi connectivity index (χ1n) is 3.28. The maximum Gasteiger partial charge on any atom is 0.252 e. The molecule has 12 heavy (non-hydrogen) atoms. The summed E-state index contributed by atoms with van der Waals surface area (Å²) in [6, 6.07) is 4.73. The van der Waals surface area contributed by atoms with Gasteiger partial charge in [0.2, 0.25) is 0 Å². The van der Waals surface area contributed by atoms with Gasteiger partial charge in [-0.1, -0.05) is 6.07 Å². The van der Waals surface area contributed by atoms with E-state index >= 15 is 0 Å². The smallest absolute Gasteiger partial charge is 0.252 e. The fourth-order valence-electron chi connectivity index (χ4n) is 1.04. The second kappa shape index (κ2) is 2.26. The van der Waals surface area contributed by atoms with Crippen molar-refractivity contribution in [2.45, 2.75) is 0 Å². The average molecular weight is 165 g/mol. The SMILES string of the molecule is [O-][N+]([O-])=c1cccc2[nH][nH]nc1-2. The van der Waals surface area contributed by atoms with Crippen LogP contribution in [0.3, 0.4) is 0 Å². The van der Waals surface area contributed by atoms with E-state index in [1.165, 1.54) is 6.07 Å². The number of benzene rings is 1. The van der Waals surface area contributed by atoms with Crippen LogP contribution in [0.4, 0.5) is 0 Å². The molecule has 0 aromatic rings. The Morgan fingerprint density at radius 2 is 2.17 bits per heavy atom. The fraction of sp³-hybridized carbons (Fsp3) is 0. The van der Waals surface area contributed by atoms with Gasteiger partial charge in [0.15, 0.2) is 5.69 Å². The standard InChI is InChI=1S/C6H5N4O2/c11-10(12)5-3-1-2-4-6(5)8-9-7-4/h1-3,7,9H/q-1. The molecule has 2 N–H and O–H groups in total. The number of hydrogen-bond donors (Lipinski definition) is 2. The number of nitrogens with one attached hydrogen (secondary N) is 2. The first-order valence-corrected chi connectivity index (χ1v) is 3.28. The molecule has 0 saturated heterocycles. The van der Waals surface area contributed by atoms with Crippen LogP contribution in [0.15, 0.2) is 18.2 Å². The molecule has 0 aromatic carbocycles. The van der Waals surface area contributed by atoms with Gasteiger partial charge in [-0.25, -0.2) is 5.21 Å². The predicted molar refractivity (Wildman–Crippen MR) is 41.6 cm³/mol. The molecule has 0 atom stereocenters. The molecule has 0 fully saturated rings. The molecule has 0 radical (unpaired) electrons. The Morgan fingerprint density at radius 1 is 1.33 bits per heavy atom. The normalized spacial score (nSPS) is 10.3. The minimum absolute atomic E-state index is 0.00463. The van der Waals surface area contributed by atoms with Crippen LogP contribution in [-0.4, -0.2) is 15.4 Å². The maximum absolute atomic E-state index is 10.5. The average Bonchev–Trinajstić information content (AvgIpc) is 2.49. The summed E-state index contributed by atoms with van der Waals surface area (Å²) >= 11 is 0. The number of rotatable bonds is 0. The Morgan fingerprint density at radius 3 is 2.92 bits per heavy atom. The Labute approximate surface area is 66.7 Å². The maximum atomic E-state index is 10.5. The van der Waals surface area contributed by atoms with Gasteiger partial charge in [0, 0.05) is 6.07 Å². The van der Waals surface area contributed by atoms with Crippen LogP contribution in [0.25, 0.3) is 11.4 Å².